The summed E-state index contributed by atoms with van der Waals surface area (Å²) in [5.41, 5.74) is -0.187. The standard InChI is InChI=1S/C13H28N2O/c1-12(2,16)9-10-14-11-13(15(3)4)7-5-6-8-13/h14,16H,5-11H2,1-4H3. The van der Waals surface area contributed by atoms with Crippen molar-refractivity contribution >= 4 is 0 Å². The third-order valence-electron chi connectivity index (χ3n) is 3.85. The van der Waals surface area contributed by atoms with Crippen LogP contribution < -0.4 is 5.32 Å². The van der Waals surface area contributed by atoms with Crippen molar-refractivity contribution in [1.82, 2.24) is 10.2 Å². The molecule has 0 radical (unpaired) electrons. The van der Waals surface area contributed by atoms with Crippen molar-refractivity contribution in [2.75, 3.05) is 27.2 Å². The van der Waals surface area contributed by atoms with Gasteiger partial charge in [-0.2, -0.15) is 0 Å². The van der Waals surface area contributed by atoms with Crippen LogP contribution in [-0.2, 0) is 0 Å². The van der Waals surface area contributed by atoms with E-state index in [1.165, 1.54) is 25.7 Å². The fraction of sp³-hybridized carbons (Fsp3) is 1.00. The quantitative estimate of drug-likeness (QED) is 0.678. The number of rotatable bonds is 6. The van der Waals surface area contributed by atoms with E-state index < -0.39 is 5.60 Å². The number of likely N-dealkylation sites (N-methyl/N-ethyl adjacent to an activating group) is 1. The Labute approximate surface area is 100 Å². The minimum atomic E-state index is -0.548. The molecule has 2 N–H and O–H groups in total. The Balaban J connectivity index is 2.29. The highest BCUT2D eigenvalue weighted by molar-refractivity contribution is 4.94. The van der Waals surface area contributed by atoms with E-state index in [0.717, 1.165) is 19.5 Å². The highest BCUT2D eigenvalue weighted by Crippen LogP contribution is 2.33. The molecule has 3 heteroatoms. The molecule has 0 bridgehead atoms. The molecule has 0 unspecified atom stereocenters. The lowest BCUT2D eigenvalue weighted by atomic mass is 9.95. The average molecular weight is 228 g/mol. The summed E-state index contributed by atoms with van der Waals surface area (Å²) in [7, 11) is 4.37. The van der Waals surface area contributed by atoms with Gasteiger partial charge in [0.25, 0.3) is 0 Å². The molecule has 0 spiro atoms. The van der Waals surface area contributed by atoms with Crippen LogP contribution in [0.25, 0.3) is 0 Å². The van der Waals surface area contributed by atoms with Gasteiger partial charge in [-0.3, -0.25) is 0 Å². The van der Waals surface area contributed by atoms with Gasteiger partial charge in [-0.05, 0) is 53.8 Å². The molecular formula is C13H28N2O. The molecule has 1 aliphatic carbocycles. The van der Waals surface area contributed by atoms with Crippen LogP contribution in [0.3, 0.4) is 0 Å². The molecule has 0 heterocycles. The average Bonchev–Trinajstić information content (AvgIpc) is 2.60. The van der Waals surface area contributed by atoms with Gasteiger partial charge in [-0.15, -0.1) is 0 Å². The maximum Gasteiger partial charge on any atom is 0.0603 e. The van der Waals surface area contributed by atoms with E-state index >= 15 is 0 Å². The summed E-state index contributed by atoms with van der Waals surface area (Å²) in [6.07, 6.45) is 6.12. The summed E-state index contributed by atoms with van der Waals surface area (Å²) in [6.45, 7) is 5.69. The first-order chi connectivity index (χ1) is 7.36. The van der Waals surface area contributed by atoms with Gasteiger partial charge in [0.2, 0.25) is 0 Å². The summed E-state index contributed by atoms with van der Waals surface area (Å²) in [5, 5.41) is 13.1. The van der Waals surface area contributed by atoms with Crippen LogP contribution in [0.1, 0.15) is 46.0 Å². The summed E-state index contributed by atoms with van der Waals surface area (Å²) in [6, 6.07) is 0. The van der Waals surface area contributed by atoms with Crippen LogP contribution in [0.5, 0.6) is 0 Å². The Hall–Kier alpha value is -0.120. The molecule has 0 amide bonds. The van der Waals surface area contributed by atoms with E-state index in [4.69, 9.17) is 0 Å². The van der Waals surface area contributed by atoms with Crippen molar-refractivity contribution in [2.24, 2.45) is 0 Å². The Kier molecular flexibility index (Phi) is 4.77. The smallest absolute Gasteiger partial charge is 0.0603 e. The SMILES string of the molecule is CN(C)C1(CNCCC(C)(C)O)CCCC1. The number of nitrogens with one attached hydrogen (secondary N) is 1. The third-order valence-corrected chi connectivity index (χ3v) is 3.85. The molecular weight excluding hydrogens is 200 g/mol. The van der Waals surface area contributed by atoms with Crippen LogP contribution in [0.2, 0.25) is 0 Å². The van der Waals surface area contributed by atoms with E-state index in [-0.39, 0.29) is 0 Å². The lowest BCUT2D eigenvalue weighted by molar-refractivity contribution is 0.0689. The summed E-state index contributed by atoms with van der Waals surface area (Å²) >= 11 is 0. The van der Waals surface area contributed by atoms with Crippen molar-refractivity contribution < 1.29 is 5.11 Å². The fourth-order valence-electron chi connectivity index (χ4n) is 2.53. The topological polar surface area (TPSA) is 35.5 Å². The second kappa shape index (κ2) is 5.48. The van der Waals surface area contributed by atoms with Crippen molar-refractivity contribution in [2.45, 2.75) is 57.1 Å². The second-order valence-corrected chi connectivity index (χ2v) is 6.07. The number of nitrogens with zero attached hydrogens (tertiary/aromatic N) is 1. The predicted molar refractivity (Wildman–Crippen MR) is 68.7 cm³/mol. The van der Waals surface area contributed by atoms with Gasteiger partial charge >= 0.3 is 0 Å². The third kappa shape index (κ3) is 4.04. The molecule has 0 aromatic heterocycles. The highest BCUT2D eigenvalue weighted by Gasteiger charge is 2.35. The molecule has 1 saturated carbocycles. The molecule has 96 valence electrons. The van der Waals surface area contributed by atoms with E-state index in [2.05, 4.69) is 24.3 Å². The van der Waals surface area contributed by atoms with E-state index in [1.807, 2.05) is 13.8 Å². The van der Waals surface area contributed by atoms with Crippen molar-refractivity contribution in [1.29, 1.82) is 0 Å². The maximum absolute atomic E-state index is 9.63. The van der Waals surface area contributed by atoms with Gasteiger partial charge in [-0.1, -0.05) is 12.8 Å². The summed E-state index contributed by atoms with van der Waals surface area (Å²) in [4.78, 5) is 2.37. The van der Waals surface area contributed by atoms with Gasteiger partial charge in [0.15, 0.2) is 0 Å². The monoisotopic (exact) mass is 228 g/mol. The molecule has 3 nitrogen and oxygen atoms in total. The molecule has 0 saturated heterocycles. The van der Waals surface area contributed by atoms with Crippen LogP contribution >= 0.6 is 0 Å². The van der Waals surface area contributed by atoms with Gasteiger partial charge in [-0.25, -0.2) is 0 Å². The Morgan fingerprint density at radius 3 is 2.25 bits per heavy atom. The predicted octanol–water partition coefficient (Wildman–Crippen LogP) is 1.61. The zero-order valence-electron chi connectivity index (χ0n) is 11.3. The summed E-state index contributed by atoms with van der Waals surface area (Å²) in [5.74, 6) is 0. The summed E-state index contributed by atoms with van der Waals surface area (Å²) < 4.78 is 0. The molecule has 0 atom stereocenters. The first-order valence-corrected chi connectivity index (χ1v) is 6.46. The Bertz CT molecular complexity index is 202. The maximum atomic E-state index is 9.63. The Morgan fingerprint density at radius 2 is 1.81 bits per heavy atom. The zero-order chi connectivity index (χ0) is 12.2. The van der Waals surface area contributed by atoms with E-state index in [1.54, 1.807) is 0 Å². The van der Waals surface area contributed by atoms with Gasteiger partial charge in [0, 0.05) is 12.1 Å². The largest absolute Gasteiger partial charge is 0.390 e. The molecule has 16 heavy (non-hydrogen) atoms. The van der Waals surface area contributed by atoms with E-state index in [0.29, 0.717) is 5.54 Å². The zero-order valence-corrected chi connectivity index (χ0v) is 11.3. The normalized spacial score (nSPS) is 20.6. The van der Waals surface area contributed by atoms with Crippen LogP contribution in [0.15, 0.2) is 0 Å². The number of hydrogen-bond acceptors (Lipinski definition) is 3. The minimum absolute atomic E-state index is 0.361. The van der Waals surface area contributed by atoms with Gasteiger partial charge in [0.1, 0.15) is 0 Å². The van der Waals surface area contributed by atoms with Crippen LogP contribution in [-0.4, -0.2) is 48.3 Å². The van der Waals surface area contributed by atoms with Gasteiger partial charge in [0.05, 0.1) is 5.60 Å². The fourth-order valence-corrected chi connectivity index (χ4v) is 2.53. The second-order valence-electron chi connectivity index (χ2n) is 6.07. The van der Waals surface area contributed by atoms with Crippen LogP contribution in [0.4, 0.5) is 0 Å². The molecule has 1 rings (SSSR count). The van der Waals surface area contributed by atoms with Gasteiger partial charge < -0.3 is 15.3 Å². The number of hydrogen-bond donors (Lipinski definition) is 2. The first kappa shape index (κ1) is 13.9. The van der Waals surface area contributed by atoms with Crippen molar-refractivity contribution in [3.63, 3.8) is 0 Å². The lowest BCUT2D eigenvalue weighted by Gasteiger charge is -2.37. The lowest BCUT2D eigenvalue weighted by Crippen LogP contribution is -2.50. The molecule has 0 aromatic carbocycles. The molecule has 1 aliphatic rings. The highest BCUT2D eigenvalue weighted by atomic mass is 16.3. The molecule has 0 aliphatic heterocycles. The van der Waals surface area contributed by atoms with Crippen molar-refractivity contribution in [3.8, 4) is 0 Å². The minimum Gasteiger partial charge on any atom is -0.390 e. The first-order valence-electron chi connectivity index (χ1n) is 6.46. The van der Waals surface area contributed by atoms with E-state index in [9.17, 15) is 5.11 Å². The van der Waals surface area contributed by atoms with Crippen molar-refractivity contribution in [3.05, 3.63) is 0 Å². The Morgan fingerprint density at radius 1 is 1.25 bits per heavy atom. The van der Waals surface area contributed by atoms with Crippen LogP contribution in [0, 0.1) is 0 Å². The molecule has 0 aromatic rings. The molecule has 1 fully saturated rings. The number of aliphatic hydroxyl groups is 1.